The second-order valence-corrected chi connectivity index (χ2v) is 3.01. The van der Waals surface area contributed by atoms with Crippen LogP contribution in [0.25, 0.3) is 0 Å². The average Bonchev–Trinajstić information content (AvgIpc) is 2.58. The predicted molar refractivity (Wildman–Crippen MR) is 42.4 cm³/mol. The lowest BCUT2D eigenvalue weighted by Crippen LogP contribution is -2.56. The van der Waals surface area contributed by atoms with Crippen LogP contribution in [0, 0.1) is 0 Å². The number of ether oxygens (including phenoxy) is 1. The Bertz CT molecular complexity index is 119. The van der Waals surface area contributed by atoms with Crippen LogP contribution in [0.3, 0.4) is 0 Å². The second-order valence-electron chi connectivity index (χ2n) is 3.01. The van der Waals surface area contributed by atoms with E-state index in [0.717, 1.165) is 32.8 Å². The van der Waals surface area contributed by atoms with E-state index < -0.39 is 0 Å². The zero-order valence-electron chi connectivity index (χ0n) is 6.60. The molecule has 2 saturated heterocycles. The number of hydrogen-bond acceptors (Lipinski definition) is 4. The topological polar surface area (TPSA) is 45.3 Å². The molecule has 4 nitrogen and oxygen atoms in total. The minimum atomic E-state index is 0.225. The normalized spacial score (nSPS) is 39.3. The molecule has 64 valence electrons. The molecular formula is C7H15N3O. The zero-order chi connectivity index (χ0) is 7.52. The molecule has 0 spiro atoms. The van der Waals surface area contributed by atoms with E-state index in [4.69, 9.17) is 4.74 Å². The fraction of sp³-hybridized carbons (Fsp3) is 1.00. The van der Waals surface area contributed by atoms with Crippen LogP contribution in [-0.4, -0.2) is 45.1 Å². The molecule has 2 aliphatic heterocycles. The highest BCUT2D eigenvalue weighted by Gasteiger charge is 2.25. The van der Waals surface area contributed by atoms with Crippen LogP contribution in [0.5, 0.6) is 0 Å². The highest BCUT2D eigenvalue weighted by molar-refractivity contribution is 4.83. The van der Waals surface area contributed by atoms with Crippen molar-refractivity contribution in [2.45, 2.75) is 12.3 Å². The van der Waals surface area contributed by atoms with Gasteiger partial charge in [0.2, 0.25) is 0 Å². The standard InChI is InChI=1S/C7H15N3O/c1-2-9-6(5-8-1)7-10-3-4-11-7/h6-10H,1-5H2. The van der Waals surface area contributed by atoms with E-state index in [1.54, 1.807) is 0 Å². The van der Waals surface area contributed by atoms with E-state index in [-0.39, 0.29) is 6.23 Å². The lowest BCUT2D eigenvalue weighted by molar-refractivity contribution is 0.0633. The third-order valence-electron chi connectivity index (χ3n) is 2.18. The van der Waals surface area contributed by atoms with Crippen LogP contribution in [0.15, 0.2) is 0 Å². The molecule has 2 unspecified atom stereocenters. The summed E-state index contributed by atoms with van der Waals surface area (Å²) in [5.41, 5.74) is 0. The largest absolute Gasteiger partial charge is 0.360 e. The van der Waals surface area contributed by atoms with Crippen molar-refractivity contribution in [3.05, 3.63) is 0 Å². The molecule has 2 aliphatic rings. The van der Waals surface area contributed by atoms with Crippen molar-refractivity contribution in [2.75, 3.05) is 32.8 Å². The van der Waals surface area contributed by atoms with Crippen LogP contribution in [0.4, 0.5) is 0 Å². The summed E-state index contributed by atoms with van der Waals surface area (Å²) in [7, 11) is 0. The summed E-state index contributed by atoms with van der Waals surface area (Å²) in [5, 5.41) is 10.0. The molecule has 0 saturated carbocycles. The van der Waals surface area contributed by atoms with Crippen molar-refractivity contribution >= 4 is 0 Å². The summed E-state index contributed by atoms with van der Waals surface area (Å²) in [6.45, 7) is 4.97. The molecule has 2 fully saturated rings. The van der Waals surface area contributed by atoms with E-state index in [9.17, 15) is 0 Å². The number of hydrogen-bond donors (Lipinski definition) is 3. The molecule has 3 N–H and O–H groups in total. The smallest absolute Gasteiger partial charge is 0.124 e. The van der Waals surface area contributed by atoms with Gasteiger partial charge < -0.3 is 15.4 Å². The van der Waals surface area contributed by atoms with Gasteiger partial charge in [0.15, 0.2) is 0 Å². The van der Waals surface area contributed by atoms with Crippen LogP contribution in [0.2, 0.25) is 0 Å². The van der Waals surface area contributed by atoms with Crippen molar-refractivity contribution < 1.29 is 4.74 Å². The maximum absolute atomic E-state index is 5.48. The monoisotopic (exact) mass is 157 g/mol. The lowest BCUT2D eigenvalue weighted by Gasteiger charge is -2.28. The van der Waals surface area contributed by atoms with Gasteiger partial charge >= 0.3 is 0 Å². The highest BCUT2D eigenvalue weighted by atomic mass is 16.5. The van der Waals surface area contributed by atoms with Gasteiger partial charge in [-0.1, -0.05) is 0 Å². The van der Waals surface area contributed by atoms with E-state index in [2.05, 4.69) is 16.0 Å². The van der Waals surface area contributed by atoms with Crippen LogP contribution < -0.4 is 16.0 Å². The Morgan fingerprint density at radius 3 is 2.73 bits per heavy atom. The maximum Gasteiger partial charge on any atom is 0.124 e. The van der Waals surface area contributed by atoms with Gasteiger partial charge in [-0.05, 0) is 0 Å². The van der Waals surface area contributed by atoms with Crippen molar-refractivity contribution in [1.82, 2.24) is 16.0 Å². The number of nitrogens with one attached hydrogen (secondary N) is 3. The molecule has 0 radical (unpaired) electrons. The molecule has 0 aliphatic carbocycles. The van der Waals surface area contributed by atoms with Gasteiger partial charge in [-0.15, -0.1) is 0 Å². The number of rotatable bonds is 1. The Hall–Kier alpha value is -0.160. The number of piperazine rings is 1. The second kappa shape index (κ2) is 3.49. The van der Waals surface area contributed by atoms with Gasteiger partial charge in [-0.25, -0.2) is 0 Å². The predicted octanol–water partition coefficient (Wildman–Crippen LogP) is -1.51. The first-order valence-electron chi connectivity index (χ1n) is 4.26. The molecule has 11 heavy (non-hydrogen) atoms. The fourth-order valence-electron chi connectivity index (χ4n) is 1.59. The summed E-state index contributed by atoms with van der Waals surface area (Å²) in [4.78, 5) is 0. The van der Waals surface area contributed by atoms with Crippen LogP contribution >= 0.6 is 0 Å². The summed E-state index contributed by atoms with van der Waals surface area (Å²) in [6.07, 6.45) is 0.225. The lowest BCUT2D eigenvalue weighted by atomic mass is 10.2. The van der Waals surface area contributed by atoms with Crippen LogP contribution in [0.1, 0.15) is 0 Å². The molecule has 0 aromatic carbocycles. The van der Waals surface area contributed by atoms with Gasteiger partial charge in [0, 0.05) is 26.2 Å². The van der Waals surface area contributed by atoms with Gasteiger partial charge in [0.05, 0.1) is 12.6 Å². The van der Waals surface area contributed by atoms with Crippen molar-refractivity contribution in [3.63, 3.8) is 0 Å². The Kier molecular flexibility index (Phi) is 2.38. The van der Waals surface area contributed by atoms with E-state index in [0.29, 0.717) is 6.04 Å². The Morgan fingerprint density at radius 1 is 1.09 bits per heavy atom. The molecule has 2 rings (SSSR count). The first-order chi connectivity index (χ1) is 5.47. The fourth-order valence-corrected chi connectivity index (χ4v) is 1.59. The minimum absolute atomic E-state index is 0.225. The van der Waals surface area contributed by atoms with Crippen molar-refractivity contribution in [3.8, 4) is 0 Å². The van der Waals surface area contributed by atoms with Gasteiger partial charge in [-0.3, -0.25) is 5.32 Å². The molecule has 4 heteroatoms. The maximum atomic E-state index is 5.48. The first kappa shape index (κ1) is 7.49. The molecular weight excluding hydrogens is 142 g/mol. The summed E-state index contributed by atoms with van der Waals surface area (Å²) in [6, 6.07) is 0.450. The summed E-state index contributed by atoms with van der Waals surface area (Å²) < 4.78 is 5.48. The van der Waals surface area contributed by atoms with Gasteiger partial charge in [0.25, 0.3) is 0 Å². The Labute approximate surface area is 66.7 Å². The van der Waals surface area contributed by atoms with Gasteiger partial charge in [-0.2, -0.15) is 0 Å². The van der Waals surface area contributed by atoms with Crippen LogP contribution in [-0.2, 0) is 4.74 Å². The highest BCUT2D eigenvalue weighted by Crippen LogP contribution is 2.02. The Morgan fingerprint density at radius 2 is 2.09 bits per heavy atom. The first-order valence-corrected chi connectivity index (χ1v) is 4.26. The van der Waals surface area contributed by atoms with E-state index >= 15 is 0 Å². The molecule has 0 aromatic heterocycles. The van der Waals surface area contributed by atoms with Gasteiger partial charge in [0.1, 0.15) is 6.23 Å². The third kappa shape index (κ3) is 1.70. The molecule has 2 heterocycles. The van der Waals surface area contributed by atoms with E-state index in [1.165, 1.54) is 0 Å². The molecule has 0 aromatic rings. The third-order valence-corrected chi connectivity index (χ3v) is 2.18. The Balaban J connectivity index is 1.82. The zero-order valence-corrected chi connectivity index (χ0v) is 6.60. The molecule has 0 bridgehead atoms. The average molecular weight is 157 g/mol. The van der Waals surface area contributed by atoms with E-state index in [1.807, 2.05) is 0 Å². The summed E-state index contributed by atoms with van der Waals surface area (Å²) in [5.74, 6) is 0. The summed E-state index contributed by atoms with van der Waals surface area (Å²) >= 11 is 0. The molecule has 2 atom stereocenters. The van der Waals surface area contributed by atoms with Crippen molar-refractivity contribution in [1.29, 1.82) is 0 Å². The minimum Gasteiger partial charge on any atom is -0.360 e. The quantitative estimate of drug-likeness (QED) is 0.433. The van der Waals surface area contributed by atoms with Crippen molar-refractivity contribution in [2.24, 2.45) is 0 Å². The SMILES string of the molecule is C1CNC(C2NCCO2)CN1. The molecule has 0 amide bonds.